The number of pyridine rings is 1. The molecule has 0 aliphatic heterocycles. The van der Waals surface area contributed by atoms with Gasteiger partial charge in [-0.3, -0.25) is 9.55 Å². The molecule has 14 heteroatoms. The SMILES string of the molecule is COCn1cnc2c(C[C@@H](C)S(=O)(=O)Cc3nnc(-c4ccco4)n3-c3c(OC)cccc3OC)ncc(F)c21. The van der Waals surface area contributed by atoms with Crippen LogP contribution in [0.15, 0.2) is 53.5 Å². The van der Waals surface area contributed by atoms with Gasteiger partial charge in [0.15, 0.2) is 27.2 Å². The molecule has 40 heavy (non-hydrogen) atoms. The molecule has 0 aliphatic carbocycles. The molecule has 0 saturated carbocycles. The van der Waals surface area contributed by atoms with Crippen LogP contribution in [0.2, 0.25) is 0 Å². The van der Waals surface area contributed by atoms with Gasteiger partial charge in [0.1, 0.15) is 40.7 Å². The molecular formula is C26H27FN6O6S. The second kappa shape index (κ2) is 11.1. The average Bonchev–Trinajstić information content (AvgIpc) is 3.70. The number of benzene rings is 1. The van der Waals surface area contributed by atoms with Gasteiger partial charge in [0.2, 0.25) is 5.82 Å². The third-order valence-corrected chi connectivity index (χ3v) is 8.51. The van der Waals surface area contributed by atoms with E-state index >= 15 is 0 Å². The zero-order chi connectivity index (χ0) is 28.4. The highest BCUT2D eigenvalue weighted by molar-refractivity contribution is 7.91. The number of hydrogen-bond acceptors (Lipinski definition) is 10. The lowest BCUT2D eigenvalue weighted by molar-refractivity contribution is 0.134. The van der Waals surface area contributed by atoms with Crippen molar-refractivity contribution in [2.24, 2.45) is 0 Å². The third kappa shape index (κ3) is 4.91. The van der Waals surface area contributed by atoms with E-state index in [1.165, 1.54) is 38.5 Å². The van der Waals surface area contributed by atoms with Crippen molar-refractivity contribution in [3.63, 3.8) is 0 Å². The molecule has 0 unspecified atom stereocenters. The largest absolute Gasteiger partial charge is 0.494 e. The van der Waals surface area contributed by atoms with Gasteiger partial charge in [-0.05, 0) is 31.2 Å². The minimum atomic E-state index is -3.85. The molecule has 1 atom stereocenters. The number of para-hydroxylation sites is 1. The summed E-state index contributed by atoms with van der Waals surface area (Å²) in [5.74, 6) is 0.575. The lowest BCUT2D eigenvalue weighted by Crippen LogP contribution is -2.24. The fourth-order valence-corrected chi connectivity index (χ4v) is 5.71. The standard InChI is InChI=1S/C26H27FN6O6S/c1-16(11-18-23-24(17(27)12-28-18)32(14-29-23)15-36-2)40(34,35)13-22-30-31-26(21-9-6-10-39-21)33(22)25-19(37-3)7-5-8-20(25)38-4/h5-10,12,14,16H,11,13,15H2,1-4H3/t16-/m1/s1. The highest BCUT2D eigenvalue weighted by Gasteiger charge is 2.30. The van der Waals surface area contributed by atoms with Crippen molar-refractivity contribution in [1.82, 2.24) is 29.3 Å². The van der Waals surface area contributed by atoms with Gasteiger partial charge in [0, 0.05) is 13.5 Å². The summed E-state index contributed by atoms with van der Waals surface area (Å²) in [7, 11) is 0.632. The summed E-state index contributed by atoms with van der Waals surface area (Å²) in [5.41, 5.74) is 1.25. The lowest BCUT2D eigenvalue weighted by atomic mass is 10.2. The van der Waals surface area contributed by atoms with Crippen LogP contribution in [0.3, 0.4) is 0 Å². The molecule has 0 amide bonds. The maximum absolute atomic E-state index is 14.5. The summed E-state index contributed by atoms with van der Waals surface area (Å²) in [6, 6.07) is 8.58. The molecule has 210 valence electrons. The molecule has 12 nitrogen and oxygen atoms in total. The Labute approximate surface area is 229 Å². The smallest absolute Gasteiger partial charge is 0.204 e. The van der Waals surface area contributed by atoms with Crippen molar-refractivity contribution in [3.05, 3.63) is 66.5 Å². The summed E-state index contributed by atoms with van der Waals surface area (Å²) in [4.78, 5) is 8.42. The fraction of sp³-hybridized carbons (Fsp3) is 0.308. The van der Waals surface area contributed by atoms with Crippen LogP contribution in [-0.2, 0) is 33.5 Å². The lowest BCUT2D eigenvalue weighted by Gasteiger charge is -2.18. The zero-order valence-corrected chi connectivity index (χ0v) is 23.1. The van der Waals surface area contributed by atoms with Gasteiger partial charge in [-0.1, -0.05) is 6.07 Å². The Bertz CT molecular complexity index is 1730. The minimum Gasteiger partial charge on any atom is -0.494 e. The molecule has 1 aromatic carbocycles. The maximum atomic E-state index is 14.5. The van der Waals surface area contributed by atoms with E-state index in [0.717, 1.165) is 6.20 Å². The van der Waals surface area contributed by atoms with E-state index in [1.807, 2.05) is 0 Å². The third-order valence-electron chi connectivity index (χ3n) is 6.46. The quantitative estimate of drug-likeness (QED) is 0.232. The van der Waals surface area contributed by atoms with Crippen LogP contribution in [0, 0.1) is 5.82 Å². The number of methoxy groups -OCH3 is 3. The van der Waals surface area contributed by atoms with Crippen LogP contribution >= 0.6 is 0 Å². The molecule has 5 rings (SSSR count). The molecule has 5 aromatic rings. The number of furan rings is 1. The maximum Gasteiger partial charge on any atom is 0.204 e. The normalized spacial score (nSPS) is 12.6. The van der Waals surface area contributed by atoms with Crippen LogP contribution in [0.4, 0.5) is 4.39 Å². The first-order chi connectivity index (χ1) is 19.3. The predicted octanol–water partition coefficient (Wildman–Crippen LogP) is 3.58. The molecule has 0 fully saturated rings. The van der Waals surface area contributed by atoms with Crippen molar-refractivity contribution in [2.45, 2.75) is 31.1 Å². The van der Waals surface area contributed by atoms with Crippen molar-refractivity contribution >= 4 is 20.9 Å². The number of aromatic nitrogens is 6. The van der Waals surface area contributed by atoms with E-state index in [9.17, 15) is 12.8 Å². The Balaban J connectivity index is 1.53. The predicted molar refractivity (Wildman–Crippen MR) is 142 cm³/mol. The van der Waals surface area contributed by atoms with Crippen molar-refractivity contribution < 1.29 is 31.4 Å². The Kier molecular flexibility index (Phi) is 7.54. The number of imidazole rings is 1. The Hall–Kier alpha value is -4.30. The topological polar surface area (TPSA) is 136 Å². The summed E-state index contributed by atoms with van der Waals surface area (Å²) in [5, 5.41) is 7.56. The second-order valence-electron chi connectivity index (χ2n) is 8.97. The number of nitrogens with zero attached hydrogens (tertiary/aromatic N) is 6. The summed E-state index contributed by atoms with van der Waals surface area (Å²) in [6.45, 7) is 1.65. The van der Waals surface area contributed by atoms with E-state index < -0.39 is 26.7 Å². The molecule has 0 aliphatic rings. The van der Waals surface area contributed by atoms with Crippen LogP contribution in [-0.4, -0.2) is 64.3 Å². The molecular weight excluding hydrogens is 543 g/mol. The van der Waals surface area contributed by atoms with Crippen molar-refractivity contribution in [3.8, 4) is 28.8 Å². The van der Waals surface area contributed by atoms with E-state index in [1.54, 1.807) is 41.8 Å². The Morgan fingerprint density at radius 2 is 1.80 bits per heavy atom. The van der Waals surface area contributed by atoms with Crippen LogP contribution in [0.1, 0.15) is 18.4 Å². The second-order valence-corrected chi connectivity index (χ2v) is 11.4. The van der Waals surface area contributed by atoms with Crippen molar-refractivity contribution in [2.75, 3.05) is 21.3 Å². The van der Waals surface area contributed by atoms with Gasteiger partial charge < -0.3 is 23.2 Å². The Morgan fingerprint density at radius 3 is 2.45 bits per heavy atom. The van der Waals surface area contributed by atoms with Gasteiger partial charge >= 0.3 is 0 Å². The Morgan fingerprint density at radius 1 is 1.05 bits per heavy atom. The summed E-state index contributed by atoms with van der Waals surface area (Å²) < 4.78 is 66.8. The van der Waals surface area contributed by atoms with Crippen molar-refractivity contribution in [1.29, 1.82) is 0 Å². The molecule has 0 spiro atoms. The number of sulfone groups is 1. The molecule has 0 bridgehead atoms. The first-order valence-electron chi connectivity index (χ1n) is 12.2. The van der Waals surface area contributed by atoms with Gasteiger partial charge in [-0.2, -0.15) is 0 Å². The summed E-state index contributed by atoms with van der Waals surface area (Å²) >= 11 is 0. The monoisotopic (exact) mass is 570 g/mol. The van der Waals surface area contributed by atoms with E-state index in [2.05, 4.69) is 20.2 Å². The summed E-state index contributed by atoms with van der Waals surface area (Å²) in [6.07, 6.45) is 3.98. The molecule has 0 radical (unpaired) electrons. The van der Waals surface area contributed by atoms with Crippen LogP contribution in [0.25, 0.3) is 28.3 Å². The van der Waals surface area contributed by atoms with Crippen LogP contribution in [0.5, 0.6) is 11.5 Å². The van der Waals surface area contributed by atoms with Gasteiger partial charge in [0.25, 0.3) is 0 Å². The molecule has 4 heterocycles. The number of ether oxygens (including phenoxy) is 3. The van der Waals surface area contributed by atoms with Gasteiger partial charge in [0.05, 0.1) is 44.0 Å². The highest BCUT2D eigenvalue weighted by atomic mass is 32.2. The fourth-order valence-electron chi connectivity index (χ4n) is 4.47. The number of rotatable bonds is 11. The highest BCUT2D eigenvalue weighted by Crippen LogP contribution is 2.37. The first-order valence-corrected chi connectivity index (χ1v) is 13.9. The van der Waals surface area contributed by atoms with Crippen LogP contribution < -0.4 is 9.47 Å². The number of halogens is 1. The van der Waals surface area contributed by atoms with Gasteiger partial charge in [-0.25, -0.2) is 17.8 Å². The minimum absolute atomic E-state index is 0.000264. The first kappa shape index (κ1) is 27.3. The zero-order valence-electron chi connectivity index (χ0n) is 22.2. The molecule has 0 saturated heterocycles. The number of fused-ring (bicyclic) bond motifs is 1. The molecule has 0 N–H and O–H groups in total. The number of hydrogen-bond donors (Lipinski definition) is 0. The average molecular weight is 571 g/mol. The molecule has 4 aromatic heterocycles. The van der Waals surface area contributed by atoms with E-state index in [-0.39, 0.29) is 35.8 Å². The van der Waals surface area contributed by atoms with Gasteiger partial charge in [-0.15, -0.1) is 10.2 Å². The van der Waals surface area contributed by atoms with E-state index in [4.69, 9.17) is 18.6 Å². The van der Waals surface area contributed by atoms with E-state index in [0.29, 0.717) is 28.6 Å².